The second-order valence-electron chi connectivity index (χ2n) is 5.51. The van der Waals surface area contributed by atoms with Crippen LogP contribution in [0.5, 0.6) is 0 Å². The number of unbranched alkanes of at least 4 members (excludes halogenated alkanes) is 6. The molecule has 0 saturated heterocycles. The standard InChI is InChI=1S/C16H32/c1-5-6-7-8-9-10-11-12-16(4)14-13-15(2)3/h16H,2,5-14H2,1,3-4H3. The monoisotopic (exact) mass is 224 g/mol. The first-order chi connectivity index (χ1) is 7.66. The van der Waals surface area contributed by atoms with Crippen LogP contribution in [0.25, 0.3) is 0 Å². The van der Waals surface area contributed by atoms with E-state index in [4.69, 9.17) is 0 Å². The van der Waals surface area contributed by atoms with Gasteiger partial charge in [-0.3, -0.25) is 0 Å². The van der Waals surface area contributed by atoms with Crippen molar-refractivity contribution in [2.24, 2.45) is 5.92 Å². The molecule has 0 saturated carbocycles. The normalized spacial score (nSPS) is 12.7. The zero-order valence-electron chi connectivity index (χ0n) is 11.9. The predicted molar refractivity (Wildman–Crippen MR) is 75.8 cm³/mol. The van der Waals surface area contributed by atoms with Gasteiger partial charge in [0.15, 0.2) is 0 Å². The number of rotatable bonds is 11. The summed E-state index contributed by atoms with van der Waals surface area (Å²) < 4.78 is 0. The molecule has 1 unspecified atom stereocenters. The van der Waals surface area contributed by atoms with Crippen molar-refractivity contribution in [3.63, 3.8) is 0 Å². The summed E-state index contributed by atoms with van der Waals surface area (Å²) in [6.07, 6.45) is 14.0. The Balaban J connectivity index is 3.15. The van der Waals surface area contributed by atoms with Gasteiger partial charge in [0, 0.05) is 0 Å². The van der Waals surface area contributed by atoms with Gasteiger partial charge < -0.3 is 0 Å². The van der Waals surface area contributed by atoms with E-state index >= 15 is 0 Å². The summed E-state index contributed by atoms with van der Waals surface area (Å²) in [5.41, 5.74) is 1.34. The van der Waals surface area contributed by atoms with Crippen molar-refractivity contribution < 1.29 is 0 Å². The Morgan fingerprint density at radius 1 is 0.938 bits per heavy atom. The first-order valence-electron chi connectivity index (χ1n) is 7.31. The van der Waals surface area contributed by atoms with Gasteiger partial charge in [-0.1, -0.05) is 70.8 Å². The van der Waals surface area contributed by atoms with Gasteiger partial charge in [0.25, 0.3) is 0 Å². The van der Waals surface area contributed by atoms with E-state index in [1.165, 1.54) is 69.8 Å². The summed E-state index contributed by atoms with van der Waals surface area (Å²) in [5, 5.41) is 0. The average Bonchev–Trinajstić information content (AvgIpc) is 2.25. The van der Waals surface area contributed by atoms with Crippen LogP contribution in [-0.4, -0.2) is 0 Å². The van der Waals surface area contributed by atoms with Crippen molar-refractivity contribution in [1.29, 1.82) is 0 Å². The van der Waals surface area contributed by atoms with Crippen molar-refractivity contribution >= 4 is 0 Å². The van der Waals surface area contributed by atoms with Crippen LogP contribution in [-0.2, 0) is 0 Å². The van der Waals surface area contributed by atoms with E-state index in [0.29, 0.717) is 0 Å². The van der Waals surface area contributed by atoms with Gasteiger partial charge in [0.1, 0.15) is 0 Å². The smallest absolute Gasteiger partial charge is 0.0323 e. The van der Waals surface area contributed by atoms with Gasteiger partial charge in [-0.25, -0.2) is 0 Å². The van der Waals surface area contributed by atoms with Crippen LogP contribution in [0.1, 0.15) is 85.0 Å². The molecule has 16 heavy (non-hydrogen) atoms. The molecule has 0 amide bonds. The van der Waals surface area contributed by atoms with Gasteiger partial charge in [-0.15, -0.1) is 6.58 Å². The van der Waals surface area contributed by atoms with E-state index < -0.39 is 0 Å². The van der Waals surface area contributed by atoms with Gasteiger partial charge >= 0.3 is 0 Å². The second kappa shape index (κ2) is 11.2. The average molecular weight is 224 g/mol. The summed E-state index contributed by atoms with van der Waals surface area (Å²) in [6.45, 7) is 10.8. The lowest BCUT2D eigenvalue weighted by Gasteiger charge is -2.10. The molecule has 0 radical (unpaired) electrons. The maximum atomic E-state index is 3.97. The zero-order valence-corrected chi connectivity index (χ0v) is 11.9. The van der Waals surface area contributed by atoms with Crippen LogP contribution in [0.15, 0.2) is 12.2 Å². The van der Waals surface area contributed by atoms with Crippen LogP contribution >= 0.6 is 0 Å². The Kier molecular flexibility index (Phi) is 11.0. The lowest BCUT2D eigenvalue weighted by atomic mass is 9.96. The summed E-state index contributed by atoms with van der Waals surface area (Å²) in [6, 6.07) is 0. The Hall–Kier alpha value is -0.260. The fraction of sp³-hybridized carbons (Fsp3) is 0.875. The van der Waals surface area contributed by atoms with Gasteiger partial charge in [-0.2, -0.15) is 0 Å². The Morgan fingerprint density at radius 3 is 2.06 bits per heavy atom. The van der Waals surface area contributed by atoms with Crippen molar-refractivity contribution in [3.8, 4) is 0 Å². The van der Waals surface area contributed by atoms with Crippen LogP contribution in [0.2, 0.25) is 0 Å². The van der Waals surface area contributed by atoms with Gasteiger partial charge in [0.2, 0.25) is 0 Å². The van der Waals surface area contributed by atoms with Crippen molar-refractivity contribution in [2.75, 3.05) is 0 Å². The Morgan fingerprint density at radius 2 is 1.50 bits per heavy atom. The van der Waals surface area contributed by atoms with Crippen molar-refractivity contribution in [1.82, 2.24) is 0 Å². The summed E-state index contributed by atoms with van der Waals surface area (Å²) in [5.74, 6) is 0.896. The fourth-order valence-electron chi connectivity index (χ4n) is 2.09. The summed E-state index contributed by atoms with van der Waals surface area (Å²) in [7, 11) is 0. The third kappa shape index (κ3) is 11.8. The van der Waals surface area contributed by atoms with Crippen LogP contribution in [0.4, 0.5) is 0 Å². The molecule has 0 fully saturated rings. The number of hydrogen-bond acceptors (Lipinski definition) is 0. The molecule has 0 spiro atoms. The molecule has 0 nitrogen and oxygen atoms in total. The Labute approximate surface area is 104 Å². The molecule has 96 valence electrons. The van der Waals surface area contributed by atoms with Crippen molar-refractivity contribution in [3.05, 3.63) is 12.2 Å². The highest BCUT2D eigenvalue weighted by Gasteiger charge is 2.01. The van der Waals surface area contributed by atoms with E-state index in [1.807, 2.05) is 0 Å². The molecule has 1 atom stereocenters. The molecule has 0 aromatic heterocycles. The molecule has 0 aliphatic rings. The SMILES string of the molecule is C=C(C)CCC(C)CCCCCCCCC. The highest BCUT2D eigenvalue weighted by atomic mass is 14.1. The van der Waals surface area contributed by atoms with E-state index in [-0.39, 0.29) is 0 Å². The molecule has 0 N–H and O–H groups in total. The highest BCUT2D eigenvalue weighted by molar-refractivity contribution is 4.87. The zero-order chi connectivity index (χ0) is 12.2. The molecular weight excluding hydrogens is 192 g/mol. The molecule has 0 aromatic carbocycles. The quantitative estimate of drug-likeness (QED) is 0.293. The van der Waals surface area contributed by atoms with E-state index in [0.717, 1.165) is 5.92 Å². The molecule has 0 aliphatic heterocycles. The van der Waals surface area contributed by atoms with Gasteiger partial charge in [0.05, 0.1) is 0 Å². The van der Waals surface area contributed by atoms with Crippen LogP contribution < -0.4 is 0 Å². The maximum Gasteiger partial charge on any atom is -0.0323 e. The topological polar surface area (TPSA) is 0 Å². The summed E-state index contributed by atoms with van der Waals surface area (Å²) in [4.78, 5) is 0. The van der Waals surface area contributed by atoms with Crippen molar-refractivity contribution in [2.45, 2.75) is 85.0 Å². The Bertz CT molecular complexity index is 157. The second-order valence-corrected chi connectivity index (χ2v) is 5.51. The number of hydrogen-bond donors (Lipinski definition) is 0. The molecule has 0 rings (SSSR count). The predicted octanol–water partition coefficient (Wildman–Crippen LogP) is 6.12. The van der Waals surface area contributed by atoms with E-state index in [9.17, 15) is 0 Å². The van der Waals surface area contributed by atoms with Crippen LogP contribution in [0, 0.1) is 5.92 Å². The largest absolute Gasteiger partial charge is 0.100 e. The highest BCUT2D eigenvalue weighted by Crippen LogP contribution is 2.18. The van der Waals surface area contributed by atoms with Gasteiger partial charge in [-0.05, 0) is 25.7 Å². The third-order valence-corrected chi connectivity index (χ3v) is 3.36. The lowest BCUT2D eigenvalue weighted by molar-refractivity contribution is 0.455. The maximum absolute atomic E-state index is 3.97. The molecule has 0 heteroatoms. The minimum absolute atomic E-state index is 0.896. The van der Waals surface area contributed by atoms with E-state index in [2.05, 4.69) is 27.4 Å². The summed E-state index contributed by atoms with van der Waals surface area (Å²) >= 11 is 0. The minimum Gasteiger partial charge on any atom is -0.100 e. The lowest BCUT2D eigenvalue weighted by Crippen LogP contribution is -1.95. The first-order valence-corrected chi connectivity index (χ1v) is 7.31. The minimum atomic E-state index is 0.896. The van der Waals surface area contributed by atoms with Crippen LogP contribution in [0.3, 0.4) is 0 Å². The molecule has 0 aliphatic carbocycles. The molecule has 0 aromatic rings. The fourth-order valence-corrected chi connectivity index (χ4v) is 2.09. The third-order valence-electron chi connectivity index (χ3n) is 3.36. The molecule has 0 bridgehead atoms. The molecular formula is C16H32. The first kappa shape index (κ1) is 15.7. The van der Waals surface area contributed by atoms with E-state index in [1.54, 1.807) is 0 Å². The molecule has 0 heterocycles. The number of allylic oxidation sites excluding steroid dienone is 1.